The van der Waals surface area contributed by atoms with Gasteiger partial charge in [0.15, 0.2) is 6.10 Å². The first kappa shape index (κ1) is 4.61. The first-order chi connectivity index (χ1) is 3.17. The van der Waals surface area contributed by atoms with Gasteiger partial charge < -0.3 is 4.74 Å². The maximum Gasteiger partial charge on any atom is 0.173 e. The lowest BCUT2D eigenvalue weighted by Crippen LogP contribution is -1.99. The Bertz CT molecular complexity index is 123. The number of hydrogen-bond acceptors (Lipinski definition) is 2. The number of nitriles is 1. The molecule has 1 fully saturated rings. The van der Waals surface area contributed by atoms with Crippen LogP contribution in [0.15, 0.2) is 0 Å². The summed E-state index contributed by atoms with van der Waals surface area (Å²) in [6.45, 7) is 3.81. The Hall–Kier alpha value is -0.550. The third-order valence-corrected chi connectivity index (χ3v) is 1.11. The fourth-order valence-corrected chi connectivity index (χ4v) is 0.452. The molecule has 1 atom stereocenters. The standard InChI is InChI=1S/C5H7NO/c1-5(2)4(3-6)7-5/h4H,1-2H3/t4-/m1/s1. The molecule has 38 valence electrons. The molecule has 0 saturated carbocycles. The topological polar surface area (TPSA) is 36.3 Å². The molecule has 0 radical (unpaired) electrons. The summed E-state index contributed by atoms with van der Waals surface area (Å²) in [7, 11) is 0. The summed E-state index contributed by atoms with van der Waals surface area (Å²) in [4.78, 5) is 0. The summed E-state index contributed by atoms with van der Waals surface area (Å²) < 4.78 is 4.89. The van der Waals surface area contributed by atoms with Gasteiger partial charge in [-0.05, 0) is 13.8 Å². The number of epoxide rings is 1. The van der Waals surface area contributed by atoms with Crippen LogP contribution >= 0.6 is 0 Å². The smallest absolute Gasteiger partial charge is 0.173 e. The van der Waals surface area contributed by atoms with Crippen LogP contribution in [0.25, 0.3) is 0 Å². The lowest BCUT2D eigenvalue weighted by molar-refractivity contribution is 0.335. The highest BCUT2D eigenvalue weighted by Gasteiger charge is 2.48. The van der Waals surface area contributed by atoms with E-state index in [0.717, 1.165) is 0 Å². The molecule has 1 saturated heterocycles. The highest BCUT2D eigenvalue weighted by atomic mass is 16.6. The third kappa shape index (κ3) is 0.594. The predicted molar refractivity (Wildman–Crippen MR) is 24.6 cm³/mol. The Labute approximate surface area is 42.7 Å². The zero-order valence-electron chi connectivity index (χ0n) is 4.43. The molecule has 0 spiro atoms. The molecule has 2 nitrogen and oxygen atoms in total. The van der Waals surface area contributed by atoms with Crippen LogP contribution < -0.4 is 0 Å². The Balaban J connectivity index is 2.49. The third-order valence-electron chi connectivity index (χ3n) is 1.11. The largest absolute Gasteiger partial charge is 0.351 e. The summed E-state index contributed by atoms with van der Waals surface area (Å²) in [6, 6.07) is 2.01. The van der Waals surface area contributed by atoms with Gasteiger partial charge in [0, 0.05) is 0 Å². The highest BCUT2D eigenvalue weighted by Crippen LogP contribution is 2.33. The molecule has 0 bridgehead atoms. The first-order valence-corrected chi connectivity index (χ1v) is 2.24. The molecule has 1 aliphatic rings. The molecule has 1 rings (SSSR count). The van der Waals surface area contributed by atoms with Crippen molar-refractivity contribution in [1.82, 2.24) is 0 Å². The van der Waals surface area contributed by atoms with Gasteiger partial charge in [-0.1, -0.05) is 0 Å². The molecule has 0 unspecified atom stereocenters. The van der Waals surface area contributed by atoms with Crippen LogP contribution in [-0.4, -0.2) is 11.7 Å². The maximum atomic E-state index is 8.17. The van der Waals surface area contributed by atoms with Gasteiger partial charge in [-0.3, -0.25) is 0 Å². The normalized spacial score (nSPS) is 34.1. The zero-order valence-corrected chi connectivity index (χ0v) is 4.43. The van der Waals surface area contributed by atoms with Gasteiger partial charge in [-0.15, -0.1) is 0 Å². The minimum Gasteiger partial charge on any atom is -0.351 e. The van der Waals surface area contributed by atoms with Crippen molar-refractivity contribution in [2.45, 2.75) is 25.6 Å². The highest BCUT2D eigenvalue weighted by molar-refractivity contribution is 5.08. The Morgan fingerprint density at radius 2 is 2.14 bits per heavy atom. The van der Waals surface area contributed by atoms with E-state index in [1.165, 1.54) is 0 Å². The molecule has 7 heavy (non-hydrogen) atoms. The van der Waals surface area contributed by atoms with Crippen LogP contribution in [0.3, 0.4) is 0 Å². The number of nitrogens with zero attached hydrogens (tertiary/aromatic N) is 1. The Kier molecular flexibility index (Phi) is 0.650. The summed E-state index contributed by atoms with van der Waals surface area (Å²) in [5.41, 5.74) is -0.144. The summed E-state index contributed by atoms with van der Waals surface area (Å²) in [5, 5.41) is 8.17. The van der Waals surface area contributed by atoms with Gasteiger partial charge in [0.25, 0.3) is 0 Å². The van der Waals surface area contributed by atoms with Crippen molar-refractivity contribution >= 4 is 0 Å². The van der Waals surface area contributed by atoms with Crippen molar-refractivity contribution in [1.29, 1.82) is 5.26 Å². The molecule has 0 aromatic heterocycles. The predicted octanol–water partition coefficient (Wildman–Crippen LogP) is 0.687. The molecular weight excluding hydrogens is 90.1 g/mol. The van der Waals surface area contributed by atoms with E-state index in [0.29, 0.717) is 0 Å². The van der Waals surface area contributed by atoms with Crippen molar-refractivity contribution in [3.8, 4) is 6.07 Å². The number of hydrogen-bond donors (Lipinski definition) is 0. The van der Waals surface area contributed by atoms with Gasteiger partial charge in [0.1, 0.15) is 5.60 Å². The van der Waals surface area contributed by atoms with Crippen molar-refractivity contribution in [3.05, 3.63) is 0 Å². The molecular formula is C5H7NO. The lowest BCUT2D eigenvalue weighted by Gasteiger charge is -1.83. The van der Waals surface area contributed by atoms with E-state index >= 15 is 0 Å². The summed E-state index contributed by atoms with van der Waals surface area (Å²) >= 11 is 0. The lowest BCUT2D eigenvalue weighted by atomic mass is 10.2. The average Bonchev–Trinajstić information content (AvgIpc) is 2.13. The van der Waals surface area contributed by atoms with E-state index in [1.807, 2.05) is 19.9 Å². The monoisotopic (exact) mass is 97.1 g/mol. The SMILES string of the molecule is CC1(C)O[C@@H]1C#N. The van der Waals surface area contributed by atoms with E-state index in [2.05, 4.69) is 0 Å². The molecule has 0 amide bonds. The molecule has 0 aromatic carbocycles. The second-order valence-electron chi connectivity index (χ2n) is 2.23. The van der Waals surface area contributed by atoms with Crippen LogP contribution in [0.5, 0.6) is 0 Å². The molecule has 2 heteroatoms. The van der Waals surface area contributed by atoms with Gasteiger partial charge in [0.2, 0.25) is 0 Å². The van der Waals surface area contributed by atoms with E-state index in [4.69, 9.17) is 10.00 Å². The second-order valence-corrected chi connectivity index (χ2v) is 2.23. The molecule has 0 aromatic rings. The molecule has 0 N–H and O–H groups in total. The fourth-order valence-electron chi connectivity index (χ4n) is 0.452. The Morgan fingerprint density at radius 1 is 1.71 bits per heavy atom. The second kappa shape index (κ2) is 0.988. The molecule has 1 heterocycles. The van der Waals surface area contributed by atoms with E-state index in [9.17, 15) is 0 Å². The first-order valence-electron chi connectivity index (χ1n) is 2.24. The maximum absolute atomic E-state index is 8.17. The minimum absolute atomic E-state index is 0.144. The Morgan fingerprint density at radius 3 is 2.14 bits per heavy atom. The van der Waals surface area contributed by atoms with Gasteiger partial charge in [-0.25, -0.2) is 0 Å². The summed E-state index contributed by atoms with van der Waals surface area (Å²) in [5.74, 6) is 0. The average molecular weight is 97.1 g/mol. The fraction of sp³-hybridized carbons (Fsp3) is 0.800. The van der Waals surface area contributed by atoms with E-state index in [1.54, 1.807) is 0 Å². The van der Waals surface area contributed by atoms with Crippen molar-refractivity contribution in [3.63, 3.8) is 0 Å². The van der Waals surface area contributed by atoms with Crippen LogP contribution in [-0.2, 0) is 4.74 Å². The molecule has 0 aliphatic carbocycles. The minimum atomic E-state index is -0.146. The van der Waals surface area contributed by atoms with Gasteiger partial charge in [-0.2, -0.15) is 5.26 Å². The van der Waals surface area contributed by atoms with Gasteiger partial charge >= 0.3 is 0 Å². The van der Waals surface area contributed by atoms with Crippen molar-refractivity contribution in [2.24, 2.45) is 0 Å². The van der Waals surface area contributed by atoms with Crippen molar-refractivity contribution < 1.29 is 4.74 Å². The zero-order chi connectivity index (χ0) is 5.49. The van der Waals surface area contributed by atoms with Crippen LogP contribution in [0.2, 0.25) is 0 Å². The van der Waals surface area contributed by atoms with E-state index in [-0.39, 0.29) is 11.7 Å². The summed E-state index contributed by atoms with van der Waals surface area (Å²) in [6.07, 6.45) is -0.146. The van der Waals surface area contributed by atoms with Crippen molar-refractivity contribution in [2.75, 3.05) is 0 Å². The van der Waals surface area contributed by atoms with E-state index < -0.39 is 0 Å². The number of ether oxygens (including phenoxy) is 1. The van der Waals surface area contributed by atoms with Crippen LogP contribution in [0, 0.1) is 11.3 Å². The molecule has 1 aliphatic heterocycles. The quantitative estimate of drug-likeness (QED) is 0.417. The van der Waals surface area contributed by atoms with Crippen LogP contribution in [0.4, 0.5) is 0 Å². The van der Waals surface area contributed by atoms with Crippen LogP contribution in [0.1, 0.15) is 13.8 Å². The number of rotatable bonds is 0. The van der Waals surface area contributed by atoms with Gasteiger partial charge in [0.05, 0.1) is 6.07 Å².